The zero-order chi connectivity index (χ0) is 22.4. The summed E-state index contributed by atoms with van der Waals surface area (Å²) in [4.78, 5) is 26.8. The van der Waals surface area contributed by atoms with Crippen LogP contribution in [0.5, 0.6) is 11.5 Å². The van der Waals surface area contributed by atoms with Crippen LogP contribution in [-0.4, -0.2) is 40.0 Å². The molecule has 0 saturated carbocycles. The maximum atomic E-state index is 13.1. The number of carbonyl (C=O) groups excluding carboxylic acids is 1. The van der Waals surface area contributed by atoms with Gasteiger partial charge in [-0.25, -0.2) is 9.97 Å². The van der Waals surface area contributed by atoms with E-state index in [9.17, 15) is 4.79 Å². The number of methoxy groups -OCH3 is 2. The largest absolute Gasteiger partial charge is 0.493 e. The molecule has 1 N–H and O–H groups in total. The first-order valence-corrected chi connectivity index (χ1v) is 10.6. The number of aromatic nitrogens is 3. The summed E-state index contributed by atoms with van der Waals surface area (Å²) in [7, 11) is 3.14. The van der Waals surface area contributed by atoms with Gasteiger partial charge in [-0.1, -0.05) is 35.3 Å². The van der Waals surface area contributed by atoms with Crippen molar-refractivity contribution in [1.29, 1.82) is 0 Å². The number of fused-ring (bicyclic) bond motifs is 2. The highest BCUT2D eigenvalue weighted by molar-refractivity contribution is 6.33. The molecule has 4 aromatic rings. The van der Waals surface area contributed by atoms with E-state index in [0.717, 1.165) is 22.2 Å². The lowest BCUT2D eigenvalue weighted by Crippen LogP contribution is -2.23. The van der Waals surface area contributed by atoms with E-state index in [4.69, 9.17) is 32.7 Å². The lowest BCUT2D eigenvalue weighted by atomic mass is 9.96. The number of H-pyrrole nitrogens is 1. The van der Waals surface area contributed by atoms with Crippen molar-refractivity contribution in [2.45, 2.75) is 13.1 Å². The highest BCUT2D eigenvalue weighted by Crippen LogP contribution is 2.41. The van der Waals surface area contributed by atoms with Gasteiger partial charge in [0, 0.05) is 23.7 Å². The lowest BCUT2D eigenvalue weighted by Gasteiger charge is -2.15. The minimum absolute atomic E-state index is 0.0649. The molecule has 1 amide bonds. The smallest absolute Gasteiger partial charge is 0.254 e. The number of carbonyl (C=O) groups is 1. The van der Waals surface area contributed by atoms with Crippen LogP contribution in [0.1, 0.15) is 21.7 Å². The quantitative estimate of drug-likeness (QED) is 0.411. The lowest BCUT2D eigenvalue weighted by molar-refractivity contribution is 0.0763. The first-order chi connectivity index (χ1) is 15.5. The number of imidazole rings is 1. The highest BCUT2D eigenvalue weighted by atomic mass is 35.5. The van der Waals surface area contributed by atoms with E-state index in [1.807, 2.05) is 30.3 Å². The summed E-state index contributed by atoms with van der Waals surface area (Å²) in [5, 5.41) is 0.888. The number of rotatable bonds is 5. The molecule has 0 unspecified atom stereocenters. The molecule has 9 heteroatoms. The molecule has 162 valence electrons. The first-order valence-electron chi connectivity index (χ1n) is 9.82. The third kappa shape index (κ3) is 3.43. The van der Waals surface area contributed by atoms with Gasteiger partial charge in [-0.05, 0) is 35.4 Å². The Morgan fingerprint density at radius 3 is 2.53 bits per heavy atom. The molecule has 1 aliphatic heterocycles. The maximum Gasteiger partial charge on any atom is 0.254 e. The van der Waals surface area contributed by atoms with E-state index in [0.29, 0.717) is 51.8 Å². The van der Waals surface area contributed by atoms with Crippen molar-refractivity contribution in [2.24, 2.45) is 0 Å². The van der Waals surface area contributed by atoms with Gasteiger partial charge >= 0.3 is 0 Å². The molecule has 0 bridgehead atoms. The molecule has 0 saturated heterocycles. The second-order valence-corrected chi connectivity index (χ2v) is 8.16. The molecule has 5 rings (SSSR count). The van der Waals surface area contributed by atoms with Crippen LogP contribution >= 0.6 is 23.2 Å². The van der Waals surface area contributed by atoms with E-state index >= 15 is 0 Å². The number of nitrogens with one attached hydrogen (secondary N) is 1. The molecule has 0 aliphatic carbocycles. The topological polar surface area (TPSA) is 80.3 Å². The molecular weight excluding hydrogens is 451 g/mol. The van der Waals surface area contributed by atoms with Gasteiger partial charge in [0.25, 0.3) is 5.91 Å². The third-order valence-electron chi connectivity index (χ3n) is 5.51. The normalized spacial score (nSPS) is 13.0. The molecule has 0 fully saturated rings. The Labute approximate surface area is 193 Å². The summed E-state index contributed by atoms with van der Waals surface area (Å²) >= 11 is 12.5. The fourth-order valence-electron chi connectivity index (χ4n) is 4.01. The number of pyridine rings is 1. The molecule has 2 aromatic carbocycles. The Kier molecular flexibility index (Phi) is 5.15. The average molecular weight is 469 g/mol. The Hall–Kier alpha value is -3.29. The van der Waals surface area contributed by atoms with Gasteiger partial charge in [0.15, 0.2) is 17.1 Å². The number of nitrogens with zero attached hydrogens (tertiary/aromatic N) is 3. The number of aromatic amines is 1. The molecule has 32 heavy (non-hydrogen) atoms. The number of hydrogen-bond donors (Lipinski definition) is 1. The summed E-state index contributed by atoms with van der Waals surface area (Å²) in [6.45, 7) is 0.751. The molecule has 0 radical (unpaired) electrons. The summed E-state index contributed by atoms with van der Waals surface area (Å²) in [5.74, 6) is 1.69. The molecule has 0 spiro atoms. The zero-order valence-corrected chi connectivity index (χ0v) is 18.8. The summed E-state index contributed by atoms with van der Waals surface area (Å²) in [5.41, 5.74) is 4.50. The predicted octanol–water partition coefficient (Wildman–Crippen LogP) is 5.10. The van der Waals surface area contributed by atoms with Gasteiger partial charge in [-0.3, -0.25) is 4.79 Å². The van der Waals surface area contributed by atoms with Crippen LogP contribution < -0.4 is 9.47 Å². The van der Waals surface area contributed by atoms with E-state index in [2.05, 4.69) is 15.0 Å². The fourth-order valence-corrected chi connectivity index (χ4v) is 4.40. The number of hydrogen-bond acceptors (Lipinski definition) is 5. The Morgan fingerprint density at radius 1 is 1.00 bits per heavy atom. The summed E-state index contributed by atoms with van der Waals surface area (Å²) in [6.07, 6.45) is 0. The third-order valence-corrected chi connectivity index (χ3v) is 6.03. The van der Waals surface area contributed by atoms with Crippen LogP contribution in [-0.2, 0) is 13.1 Å². The van der Waals surface area contributed by atoms with Gasteiger partial charge in [0.05, 0.1) is 31.3 Å². The second-order valence-electron chi connectivity index (χ2n) is 7.37. The zero-order valence-electron chi connectivity index (χ0n) is 17.3. The monoisotopic (exact) mass is 468 g/mol. The van der Waals surface area contributed by atoms with Crippen molar-refractivity contribution in [1.82, 2.24) is 19.9 Å². The number of benzene rings is 2. The van der Waals surface area contributed by atoms with E-state index in [1.54, 1.807) is 31.3 Å². The molecule has 7 nitrogen and oxygen atoms in total. The minimum atomic E-state index is -0.0649. The molecular formula is C23H18Cl2N4O3. The SMILES string of the molecule is COc1cc(Cl)c(-c2cccc3c2CN(Cc2nc4nc(Cl)ccc4[nH]2)C3=O)cc1OC. The Balaban J connectivity index is 1.50. The van der Waals surface area contributed by atoms with Crippen molar-refractivity contribution >= 4 is 40.3 Å². The summed E-state index contributed by atoms with van der Waals surface area (Å²) in [6, 6.07) is 12.7. The van der Waals surface area contributed by atoms with E-state index in [1.165, 1.54) is 0 Å². The average Bonchev–Trinajstić information content (AvgIpc) is 3.33. The second kappa shape index (κ2) is 8.00. The van der Waals surface area contributed by atoms with Crippen LogP contribution in [0.4, 0.5) is 0 Å². The molecule has 3 heterocycles. The van der Waals surface area contributed by atoms with E-state index in [-0.39, 0.29) is 5.91 Å². The van der Waals surface area contributed by atoms with Crippen LogP contribution in [0.3, 0.4) is 0 Å². The van der Waals surface area contributed by atoms with Crippen molar-refractivity contribution in [2.75, 3.05) is 14.2 Å². The fraction of sp³-hybridized carbons (Fsp3) is 0.174. The molecule has 1 aliphatic rings. The van der Waals surface area contributed by atoms with Crippen LogP contribution in [0, 0.1) is 0 Å². The Morgan fingerprint density at radius 2 is 1.75 bits per heavy atom. The summed E-state index contributed by atoms with van der Waals surface area (Å²) < 4.78 is 10.8. The van der Waals surface area contributed by atoms with Crippen molar-refractivity contribution in [3.8, 4) is 22.6 Å². The van der Waals surface area contributed by atoms with Gasteiger partial charge in [-0.2, -0.15) is 0 Å². The highest BCUT2D eigenvalue weighted by Gasteiger charge is 2.31. The maximum absolute atomic E-state index is 13.1. The van der Waals surface area contributed by atoms with E-state index < -0.39 is 0 Å². The van der Waals surface area contributed by atoms with Crippen LogP contribution in [0.2, 0.25) is 10.2 Å². The van der Waals surface area contributed by atoms with Crippen molar-refractivity contribution < 1.29 is 14.3 Å². The first kappa shape index (κ1) is 20.6. The predicted molar refractivity (Wildman–Crippen MR) is 122 cm³/mol. The van der Waals surface area contributed by atoms with Gasteiger partial charge < -0.3 is 19.4 Å². The van der Waals surface area contributed by atoms with Gasteiger partial charge in [0.2, 0.25) is 0 Å². The van der Waals surface area contributed by atoms with Crippen molar-refractivity contribution in [3.05, 3.63) is 69.6 Å². The molecule has 2 aromatic heterocycles. The standard InChI is InChI=1S/C23H18Cl2N4O3/c1-31-18-8-14(16(24)9-19(18)32-2)12-4-3-5-13-15(12)10-29(23(13)30)11-21-26-17-6-7-20(25)27-22(17)28-21/h3-9H,10-11H2,1-2H3,(H,26,27,28). The van der Waals surface area contributed by atoms with Crippen molar-refractivity contribution in [3.63, 3.8) is 0 Å². The number of ether oxygens (including phenoxy) is 2. The van der Waals surface area contributed by atoms with Gasteiger partial charge in [-0.15, -0.1) is 0 Å². The van der Waals surface area contributed by atoms with Gasteiger partial charge in [0.1, 0.15) is 11.0 Å². The molecule has 0 atom stereocenters. The van der Waals surface area contributed by atoms with Crippen LogP contribution in [0.25, 0.3) is 22.3 Å². The minimum Gasteiger partial charge on any atom is -0.493 e. The number of halogens is 2. The van der Waals surface area contributed by atoms with Crippen LogP contribution in [0.15, 0.2) is 42.5 Å². The Bertz CT molecular complexity index is 1370. The number of amides is 1.